The second-order valence-electron chi connectivity index (χ2n) is 10.8. The van der Waals surface area contributed by atoms with Crippen molar-refractivity contribution in [3.63, 3.8) is 0 Å². The zero-order valence-corrected chi connectivity index (χ0v) is 24.6. The number of carbonyl (C=O) groups excluding carboxylic acids is 1. The molecule has 0 radical (unpaired) electrons. The van der Waals surface area contributed by atoms with Gasteiger partial charge in [-0.05, 0) is 62.1 Å². The van der Waals surface area contributed by atoms with Crippen molar-refractivity contribution in [3.8, 4) is 11.8 Å². The number of aryl methyl sites for hydroxylation is 2. The molecule has 3 N–H and O–H groups in total. The third-order valence-corrected chi connectivity index (χ3v) is 7.76. The van der Waals surface area contributed by atoms with E-state index in [1.807, 2.05) is 43.3 Å². The van der Waals surface area contributed by atoms with Gasteiger partial charge in [-0.1, -0.05) is 41.1 Å². The van der Waals surface area contributed by atoms with Crippen LogP contribution < -0.4 is 11.2 Å². The maximum absolute atomic E-state index is 13.1. The fourth-order valence-electron chi connectivity index (χ4n) is 5.31. The highest BCUT2D eigenvalue weighted by Gasteiger charge is 2.19. The Morgan fingerprint density at radius 2 is 1.88 bits per heavy atom. The molecule has 1 amide bonds. The van der Waals surface area contributed by atoms with Crippen LogP contribution in [0.2, 0.25) is 5.02 Å². The van der Waals surface area contributed by atoms with Gasteiger partial charge in [-0.15, -0.1) is 0 Å². The highest BCUT2D eigenvalue weighted by Crippen LogP contribution is 2.21. The van der Waals surface area contributed by atoms with Gasteiger partial charge < -0.3 is 20.1 Å². The number of aromatic nitrogens is 1. The average molecular weight is 579 g/mol. The number of primary amides is 1. The molecule has 9 heteroatoms. The largest absolute Gasteiger partial charge is 0.396 e. The van der Waals surface area contributed by atoms with Crippen molar-refractivity contribution in [2.75, 3.05) is 52.5 Å². The van der Waals surface area contributed by atoms with Crippen LogP contribution in [0.5, 0.6) is 0 Å². The Bertz CT molecular complexity index is 1450. The zero-order valence-electron chi connectivity index (χ0n) is 23.9. The normalized spacial score (nSPS) is 17.8. The predicted octanol–water partition coefficient (Wildman–Crippen LogP) is 3.17. The number of morpholine rings is 1. The Morgan fingerprint density at radius 3 is 2.54 bits per heavy atom. The molecule has 1 atom stereocenters. The number of ether oxygens (including phenoxy) is 1. The van der Waals surface area contributed by atoms with Crippen molar-refractivity contribution in [1.82, 2.24) is 14.4 Å². The molecule has 1 unspecified atom stereocenters. The number of nitrogens with two attached hydrogens (primary N) is 1. The summed E-state index contributed by atoms with van der Waals surface area (Å²) in [7, 11) is 1.80. The first-order valence-electron chi connectivity index (χ1n) is 14.1. The monoisotopic (exact) mass is 578 g/mol. The molecule has 2 saturated heterocycles. The van der Waals surface area contributed by atoms with E-state index in [0.29, 0.717) is 43.1 Å². The van der Waals surface area contributed by atoms with Gasteiger partial charge in [-0.25, -0.2) is 0 Å². The van der Waals surface area contributed by atoms with Crippen LogP contribution in [-0.2, 0) is 18.3 Å². The lowest BCUT2D eigenvalue weighted by Crippen LogP contribution is -2.36. The van der Waals surface area contributed by atoms with Gasteiger partial charge in [0, 0.05) is 62.0 Å². The standard InChI is InChI=1S/C25H32N4O4.C7H7Cl/c1-27-16-22(25(26)32)24(31)21-13-19(15-29-8-10-33-11-9-29)12-20(23(21)27)5-3-7-28-6-2-4-18(14-28)17-30;1-6-2-4-7(8)5-3-6/h12-13,16,18,30H,2,4,6-11,14-15,17H2,1H3,(H2,26,32);2-5H,1H3. The second-order valence-corrected chi connectivity index (χ2v) is 11.2. The Morgan fingerprint density at radius 1 is 1.15 bits per heavy atom. The van der Waals surface area contributed by atoms with Crippen molar-refractivity contribution in [2.45, 2.75) is 26.3 Å². The average Bonchev–Trinajstić information content (AvgIpc) is 2.97. The number of amides is 1. The predicted molar refractivity (Wildman–Crippen MR) is 163 cm³/mol. The summed E-state index contributed by atoms with van der Waals surface area (Å²) in [6.07, 6.45) is 3.62. The number of carbonyl (C=O) groups is 1. The van der Waals surface area contributed by atoms with Crippen molar-refractivity contribution in [3.05, 3.63) is 80.1 Å². The Hall–Kier alpha value is -3.19. The maximum Gasteiger partial charge on any atom is 0.254 e. The number of hydrogen-bond acceptors (Lipinski definition) is 6. The fraction of sp³-hybridized carbons (Fsp3) is 0.438. The number of fused-ring (bicyclic) bond motifs is 1. The summed E-state index contributed by atoms with van der Waals surface area (Å²) in [6, 6.07) is 11.7. The third kappa shape index (κ3) is 8.41. The molecule has 5 rings (SSSR count). The van der Waals surface area contributed by atoms with E-state index in [0.717, 1.165) is 55.2 Å². The molecule has 2 aliphatic rings. The van der Waals surface area contributed by atoms with Gasteiger partial charge in [0.2, 0.25) is 5.43 Å². The van der Waals surface area contributed by atoms with Crippen LogP contribution in [-0.4, -0.2) is 77.9 Å². The summed E-state index contributed by atoms with van der Waals surface area (Å²) in [5, 5.41) is 10.7. The van der Waals surface area contributed by atoms with Crippen LogP contribution in [0.4, 0.5) is 0 Å². The molecular formula is C32H39ClN4O4. The van der Waals surface area contributed by atoms with Crippen LogP contribution in [0.15, 0.2) is 47.4 Å². The molecular weight excluding hydrogens is 540 g/mol. The first-order valence-corrected chi connectivity index (χ1v) is 14.4. The first kappa shape index (κ1) is 30.8. The highest BCUT2D eigenvalue weighted by molar-refractivity contribution is 6.30. The number of piperidine rings is 1. The zero-order chi connectivity index (χ0) is 29.4. The molecule has 2 aromatic carbocycles. The Labute approximate surface area is 246 Å². The lowest BCUT2D eigenvalue weighted by Gasteiger charge is -2.30. The minimum atomic E-state index is -0.729. The van der Waals surface area contributed by atoms with Gasteiger partial charge in [0.05, 0.1) is 25.3 Å². The van der Waals surface area contributed by atoms with Crippen LogP contribution in [0.3, 0.4) is 0 Å². The van der Waals surface area contributed by atoms with Gasteiger partial charge in [0.1, 0.15) is 5.56 Å². The molecule has 3 aromatic rings. The maximum atomic E-state index is 13.1. The highest BCUT2D eigenvalue weighted by atomic mass is 35.5. The van der Waals surface area contributed by atoms with Gasteiger partial charge in [-0.2, -0.15) is 0 Å². The van der Waals surface area contributed by atoms with Gasteiger partial charge in [0.15, 0.2) is 0 Å². The summed E-state index contributed by atoms with van der Waals surface area (Å²) >= 11 is 5.61. The smallest absolute Gasteiger partial charge is 0.254 e. The van der Waals surface area contributed by atoms with Crippen molar-refractivity contribution >= 4 is 28.4 Å². The van der Waals surface area contributed by atoms with E-state index in [1.54, 1.807) is 11.6 Å². The van der Waals surface area contributed by atoms with Gasteiger partial charge in [0.25, 0.3) is 5.91 Å². The van der Waals surface area contributed by atoms with Crippen LogP contribution in [0, 0.1) is 24.7 Å². The van der Waals surface area contributed by atoms with E-state index < -0.39 is 5.91 Å². The van der Waals surface area contributed by atoms with Gasteiger partial charge in [-0.3, -0.25) is 19.4 Å². The molecule has 0 saturated carbocycles. The van der Waals surface area contributed by atoms with Crippen LogP contribution in [0.1, 0.15) is 39.9 Å². The molecule has 2 fully saturated rings. The number of benzene rings is 2. The van der Waals surface area contributed by atoms with E-state index in [-0.39, 0.29) is 17.6 Å². The molecule has 8 nitrogen and oxygen atoms in total. The second kappa shape index (κ2) is 14.6. The molecule has 41 heavy (non-hydrogen) atoms. The Kier molecular flexibility index (Phi) is 11.0. The number of aliphatic hydroxyl groups excluding tert-OH is 1. The summed E-state index contributed by atoms with van der Waals surface area (Å²) in [5.74, 6) is 6.15. The minimum absolute atomic E-state index is 0.0178. The number of halogens is 1. The van der Waals surface area contributed by atoms with Crippen molar-refractivity contribution < 1.29 is 14.6 Å². The third-order valence-electron chi connectivity index (χ3n) is 7.51. The molecule has 0 spiro atoms. The number of hydrogen-bond donors (Lipinski definition) is 2. The molecule has 0 aliphatic carbocycles. The summed E-state index contributed by atoms with van der Waals surface area (Å²) < 4.78 is 7.21. The number of pyridine rings is 1. The molecule has 3 heterocycles. The van der Waals surface area contributed by atoms with Gasteiger partial charge >= 0.3 is 0 Å². The molecule has 2 aliphatic heterocycles. The topological polar surface area (TPSA) is 101 Å². The quantitative estimate of drug-likeness (QED) is 0.451. The summed E-state index contributed by atoms with van der Waals surface area (Å²) in [4.78, 5) is 29.5. The lowest BCUT2D eigenvalue weighted by molar-refractivity contribution is 0.0342. The van der Waals surface area contributed by atoms with E-state index in [4.69, 9.17) is 22.1 Å². The number of nitrogens with zero attached hydrogens (tertiary/aromatic N) is 3. The number of aliphatic hydroxyl groups is 1. The van der Waals surface area contributed by atoms with E-state index in [9.17, 15) is 14.7 Å². The molecule has 0 bridgehead atoms. The van der Waals surface area contributed by atoms with E-state index >= 15 is 0 Å². The van der Waals surface area contributed by atoms with Crippen molar-refractivity contribution in [2.24, 2.45) is 18.7 Å². The SMILES string of the molecule is Cc1ccc(Cl)cc1.Cn1cc(C(N)=O)c(=O)c2cc(CN3CCOCC3)cc(C#CCN3CCCC(CO)C3)c21. The first-order chi connectivity index (χ1) is 19.7. The van der Waals surface area contributed by atoms with E-state index in [2.05, 4.69) is 21.6 Å². The summed E-state index contributed by atoms with van der Waals surface area (Å²) in [5.41, 5.74) is 8.78. The van der Waals surface area contributed by atoms with E-state index in [1.165, 1.54) is 11.8 Å². The lowest BCUT2D eigenvalue weighted by atomic mass is 9.99. The van der Waals surface area contributed by atoms with Crippen LogP contribution in [0.25, 0.3) is 10.9 Å². The number of likely N-dealkylation sites (tertiary alicyclic amines) is 1. The van der Waals surface area contributed by atoms with Crippen molar-refractivity contribution in [1.29, 1.82) is 0 Å². The molecule has 1 aromatic heterocycles. The fourth-order valence-corrected chi connectivity index (χ4v) is 5.44. The Balaban J connectivity index is 0.000000417. The minimum Gasteiger partial charge on any atom is -0.396 e. The molecule has 218 valence electrons. The summed E-state index contributed by atoms with van der Waals surface area (Å²) in [6.45, 7) is 8.42. The number of rotatable bonds is 5. The van der Waals surface area contributed by atoms with Crippen LogP contribution >= 0.6 is 11.6 Å².